The number of phenols is 2. The van der Waals surface area contributed by atoms with Gasteiger partial charge in [-0.3, -0.25) is 47.9 Å². The van der Waals surface area contributed by atoms with Crippen LogP contribution < -0.4 is 0 Å². The van der Waals surface area contributed by atoms with E-state index in [9.17, 15) is 58.2 Å². The number of allylic oxidation sites excluding steroid dienone is 3. The van der Waals surface area contributed by atoms with Crippen LogP contribution in [0, 0.1) is 0 Å². The minimum Gasteiger partial charge on any atom is -0.507 e. The van der Waals surface area contributed by atoms with Gasteiger partial charge >= 0.3 is 47.8 Å². The zero-order valence-corrected chi connectivity index (χ0v) is 40.2. The van der Waals surface area contributed by atoms with E-state index in [1.54, 1.807) is 19.9 Å². The van der Waals surface area contributed by atoms with Crippen LogP contribution >= 0.6 is 23.5 Å². The Labute approximate surface area is 397 Å². The van der Waals surface area contributed by atoms with Crippen molar-refractivity contribution in [1.29, 1.82) is 0 Å². The maximum Gasteiger partial charge on any atom is 0.303 e. The van der Waals surface area contributed by atoms with Crippen molar-refractivity contribution in [1.82, 2.24) is 0 Å². The van der Waals surface area contributed by atoms with Crippen LogP contribution in [0.1, 0.15) is 96.4 Å². The van der Waals surface area contributed by atoms with Crippen LogP contribution in [0.5, 0.6) is 11.5 Å². The summed E-state index contributed by atoms with van der Waals surface area (Å²) in [6.45, 7) is 10.8. The molecule has 22 nitrogen and oxygen atoms in total. The van der Waals surface area contributed by atoms with Gasteiger partial charge in [0.15, 0.2) is 48.2 Å². The fourth-order valence-electron chi connectivity index (χ4n) is 7.32. The van der Waals surface area contributed by atoms with E-state index in [1.807, 2.05) is 0 Å². The minimum atomic E-state index is -1.63. The quantitative estimate of drug-likeness (QED) is 0.0980. The summed E-state index contributed by atoms with van der Waals surface area (Å²) in [5.74, 6) is -10.4. The van der Waals surface area contributed by atoms with Gasteiger partial charge in [0.2, 0.25) is 0 Å². The molecule has 0 bridgehead atoms. The zero-order valence-electron chi connectivity index (χ0n) is 38.6. The SMILES string of the molecule is CC(=O)OC[C@H]1O[C@@H](Sc2cc(O)c3c(c2O)C(=O)C(C(CC=C(C)C)S[C@@H]2O[C@H](COC(C)=O)[C@@H](OC(C)=O)[C@H](OC(C)=O)[C@@H]2OC(C)=O)=CC3=O)[C@@H](OC(C)=O)[C@@H](OC(C)=O)[C@@H]1OC(C)=O. The first-order valence-electron chi connectivity index (χ1n) is 20.7. The molecule has 0 aromatic heterocycles. The summed E-state index contributed by atoms with van der Waals surface area (Å²) >= 11 is 1.35. The molecule has 1 unspecified atom stereocenters. The predicted octanol–water partition coefficient (Wildman–Crippen LogP) is 3.12. The highest BCUT2D eigenvalue weighted by Crippen LogP contribution is 2.48. The fourth-order valence-corrected chi connectivity index (χ4v) is 9.94. The fraction of sp³-hybridized carbons (Fsp3) is 0.545. The number of ether oxygens (including phenoxy) is 10. The predicted molar refractivity (Wildman–Crippen MR) is 232 cm³/mol. The molecule has 0 spiro atoms. The molecule has 1 aromatic rings. The van der Waals surface area contributed by atoms with Gasteiger partial charge < -0.3 is 57.6 Å². The number of carbonyl (C=O) groups is 10. The number of Topliss-reactive ketones (excluding diaryl/α,β-unsaturated/α-hetero) is 1. The Balaban J connectivity index is 1.85. The number of hydrogen-bond acceptors (Lipinski definition) is 24. The number of hydrogen-bond donors (Lipinski definition) is 2. The van der Waals surface area contributed by atoms with E-state index >= 15 is 0 Å². The van der Waals surface area contributed by atoms with Gasteiger partial charge in [0.1, 0.15) is 47.8 Å². The van der Waals surface area contributed by atoms with E-state index in [0.29, 0.717) is 11.8 Å². The molecule has 68 heavy (non-hydrogen) atoms. The van der Waals surface area contributed by atoms with Crippen molar-refractivity contribution >= 4 is 82.8 Å². The van der Waals surface area contributed by atoms with E-state index in [-0.39, 0.29) is 16.9 Å². The lowest BCUT2D eigenvalue weighted by atomic mass is 9.86. The monoisotopic (exact) mass is 996 g/mol. The van der Waals surface area contributed by atoms with Crippen LogP contribution in [-0.4, -0.2) is 148 Å². The second kappa shape index (κ2) is 23.8. The van der Waals surface area contributed by atoms with Crippen LogP contribution in [0.2, 0.25) is 0 Å². The Hall–Kier alpha value is -5.98. The summed E-state index contributed by atoms with van der Waals surface area (Å²) in [4.78, 5) is 127. The van der Waals surface area contributed by atoms with Crippen molar-refractivity contribution in [2.24, 2.45) is 0 Å². The second-order valence-electron chi connectivity index (χ2n) is 15.7. The Morgan fingerprint density at radius 2 is 1.00 bits per heavy atom. The Bertz CT molecular complexity index is 2250. The molecule has 2 fully saturated rings. The van der Waals surface area contributed by atoms with Gasteiger partial charge in [0, 0.05) is 66.2 Å². The summed E-state index contributed by atoms with van der Waals surface area (Å²) in [7, 11) is 0. The second-order valence-corrected chi connectivity index (χ2v) is 18.1. The van der Waals surface area contributed by atoms with Crippen molar-refractivity contribution in [2.75, 3.05) is 13.2 Å². The highest BCUT2D eigenvalue weighted by Gasteiger charge is 2.55. The van der Waals surface area contributed by atoms with Gasteiger partial charge in [0.05, 0.1) is 16.0 Å². The highest BCUT2D eigenvalue weighted by atomic mass is 32.2. The van der Waals surface area contributed by atoms with Crippen molar-refractivity contribution < 1.29 is 106 Å². The number of rotatable bonds is 17. The van der Waals surface area contributed by atoms with E-state index in [4.69, 9.17) is 47.4 Å². The van der Waals surface area contributed by atoms with Crippen LogP contribution in [0.3, 0.4) is 0 Å². The summed E-state index contributed by atoms with van der Waals surface area (Å²) in [6, 6.07) is 0.935. The number of ketones is 2. The van der Waals surface area contributed by atoms with Gasteiger partial charge in [0.25, 0.3) is 0 Å². The largest absolute Gasteiger partial charge is 0.507 e. The Kier molecular flexibility index (Phi) is 19.2. The van der Waals surface area contributed by atoms with Crippen LogP contribution in [0.4, 0.5) is 0 Å². The maximum atomic E-state index is 14.8. The number of benzene rings is 1. The van der Waals surface area contributed by atoms with Crippen molar-refractivity contribution in [3.05, 3.63) is 40.5 Å². The number of phenolic OH excluding ortho intramolecular Hbond substituents is 2. The molecule has 1 aliphatic carbocycles. The summed E-state index contributed by atoms with van der Waals surface area (Å²) in [6.07, 6.45) is -9.51. The summed E-state index contributed by atoms with van der Waals surface area (Å²) < 4.78 is 55.8. The molecule has 372 valence electrons. The molecule has 0 saturated carbocycles. The molecular weight excluding hydrogens is 945 g/mol. The third-order valence-electron chi connectivity index (χ3n) is 9.79. The van der Waals surface area contributed by atoms with E-state index in [2.05, 4.69) is 0 Å². The van der Waals surface area contributed by atoms with E-state index in [0.717, 1.165) is 84.9 Å². The van der Waals surface area contributed by atoms with Crippen molar-refractivity contribution in [2.45, 2.75) is 146 Å². The molecule has 11 atom stereocenters. The van der Waals surface area contributed by atoms with E-state index < -0.39 is 160 Å². The number of carbonyl (C=O) groups excluding carboxylic acids is 10. The molecule has 2 aliphatic heterocycles. The first-order chi connectivity index (χ1) is 31.8. The molecule has 2 N–H and O–H groups in total. The van der Waals surface area contributed by atoms with Gasteiger partial charge in [-0.25, -0.2) is 0 Å². The van der Waals surface area contributed by atoms with Crippen molar-refractivity contribution in [3.8, 4) is 11.5 Å². The third-order valence-corrected chi connectivity index (χ3v) is 12.4. The van der Waals surface area contributed by atoms with Gasteiger partial charge in [-0.15, -0.1) is 11.8 Å². The lowest BCUT2D eigenvalue weighted by molar-refractivity contribution is -0.237. The summed E-state index contributed by atoms with van der Waals surface area (Å²) in [5.41, 5.74) is -3.74. The standard InChI is InChI=1S/C44H52O22S2/c1-17(2)11-12-31(67-43-41(63-24(9)51)39(61-22(7)49)37(59-20(5)47)29(65-43)15-57-18(3)45)26-13-27(53)33-28(54)14-32(36(56)34(33)35(26)55)68-44-42(64-25(10)52)40(62-23(8)50)38(60-21(6)48)30(66-44)16-58-19(4)46/h11,13-14,29-31,37-44,54,56H,12,15-16H2,1-10H3/t29-,30-,31?,37-,38-,39+,40+,41+,42+,43+,44+/m1/s1. The van der Waals surface area contributed by atoms with Crippen molar-refractivity contribution in [3.63, 3.8) is 0 Å². The van der Waals surface area contributed by atoms with Gasteiger partial charge in [-0.2, -0.15) is 0 Å². The minimum absolute atomic E-state index is 0.0357. The average Bonchev–Trinajstić information content (AvgIpc) is 3.20. The number of fused-ring (bicyclic) bond motifs is 1. The molecular formula is C44H52O22S2. The maximum absolute atomic E-state index is 14.8. The third kappa shape index (κ3) is 14.3. The van der Waals surface area contributed by atoms with Gasteiger partial charge in [-0.05, 0) is 32.4 Å². The number of esters is 8. The molecule has 0 radical (unpaired) electrons. The molecule has 24 heteroatoms. The lowest BCUT2D eigenvalue weighted by Gasteiger charge is -2.45. The normalized spacial score (nSPS) is 25.8. The zero-order chi connectivity index (χ0) is 50.9. The number of thioether (sulfide) groups is 2. The van der Waals surface area contributed by atoms with Gasteiger partial charge in [-0.1, -0.05) is 23.4 Å². The smallest absolute Gasteiger partial charge is 0.303 e. The van der Waals surface area contributed by atoms with Crippen LogP contribution in [0.15, 0.2) is 34.3 Å². The highest BCUT2D eigenvalue weighted by molar-refractivity contribution is 8.00. The Morgan fingerprint density at radius 3 is 1.43 bits per heavy atom. The Morgan fingerprint density at radius 1 is 0.588 bits per heavy atom. The first kappa shape index (κ1) is 54.6. The average molecular weight is 997 g/mol. The van der Waals surface area contributed by atoms with Crippen LogP contribution in [-0.2, 0) is 85.7 Å². The topological polar surface area (TPSA) is 303 Å². The van der Waals surface area contributed by atoms with E-state index in [1.165, 1.54) is 0 Å². The molecule has 1 aromatic carbocycles. The lowest BCUT2D eigenvalue weighted by Crippen LogP contribution is -2.61. The van der Waals surface area contributed by atoms with Crippen LogP contribution in [0.25, 0.3) is 0 Å². The summed E-state index contributed by atoms with van der Waals surface area (Å²) in [5, 5.41) is 22.2. The number of aromatic hydroxyl groups is 2. The molecule has 3 aliphatic rings. The molecule has 2 saturated heterocycles. The first-order valence-corrected chi connectivity index (χ1v) is 22.6. The molecule has 0 amide bonds. The molecule has 4 rings (SSSR count). The molecule has 2 heterocycles.